The maximum absolute atomic E-state index is 10.4. The number of hydrogen-bond acceptors (Lipinski definition) is 1. The van der Waals surface area contributed by atoms with Gasteiger partial charge in [0, 0.05) is 13.3 Å². The smallest absolute Gasteiger partial charge is 0.390 e. The molecule has 0 heterocycles. The van der Waals surface area contributed by atoms with E-state index in [0.717, 1.165) is 6.42 Å². The fourth-order valence-electron chi connectivity index (χ4n) is 0.697. The van der Waals surface area contributed by atoms with Crippen molar-refractivity contribution in [2.75, 3.05) is 0 Å². The van der Waals surface area contributed by atoms with E-state index in [1.165, 1.54) is 6.92 Å². The number of carboxylic acid groups (broad SMARTS) is 1. The number of carbonyl (C=O) groups is 1. The van der Waals surface area contributed by atoms with Crippen LogP contribution >= 0.6 is 0 Å². The monoisotopic (exact) mass is 141 g/mol. The summed E-state index contributed by atoms with van der Waals surface area (Å²) >= 11 is 0. The molecule has 1 N–H and O–H groups in total. The summed E-state index contributed by atoms with van der Waals surface area (Å²) in [4.78, 5) is 13.5. The molecule has 0 aliphatic heterocycles. The van der Waals surface area contributed by atoms with Crippen molar-refractivity contribution in [1.29, 1.82) is 0 Å². The third-order valence-corrected chi connectivity index (χ3v) is 1.44. The first kappa shape index (κ1) is 8.96. The van der Waals surface area contributed by atoms with Crippen LogP contribution in [0.15, 0.2) is 0 Å². The number of nitrogens with zero attached hydrogens (tertiary/aromatic N) is 1. The minimum absolute atomic E-state index is 0.422. The maximum atomic E-state index is 10.4. The van der Waals surface area contributed by atoms with Gasteiger partial charge in [0.15, 0.2) is 0 Å². The lowest BCUT2D eigenvalue weighted by Crippen LogP contribution is -2.30. The molecule has 0 amide bonds. The van der Waals surface area contributed by atoms with Gasteiger partial charge in [0.2, 0.25) is 0 Å². The molecule has 0 fully saturated rings. The molecule has 1 unspecified atom stereocenters. The molecule has 1 atom stereocenters. The minimum Gasteiger partial charge on any atom is -0.475 e. The van der Waals surface area contributed by atoms with Gasteiger partial charge < -0.3 is 5.11 Å². The Labute approximate surface area is 60.5 Å². The van der Waals surface area contributed by atoms with Gasteiger partial charge in [-0.1, -0.05) is 6.92 Å². The standard InChI is InChI=1S/C7H11NO2/c1-4-5-7(2,8-3)6(9)10/h4-5H2,1-2H3,(H,9,10). The molecule has 56 valence electrons. The Kier molecular flexibility index (Phi) is 2.88. The van der Waals surface area contributed by atoms with Crippen molar-refractivity contribution in [2.24, 2.45) is 0 Å². The first-order valence-corrected chi connectivity index (χ1v) is 3.19. The number of aliphatic carboxylic acids is 1. The summed E-state index contributed by atoms with van der Waals surface area (Å²) in [6.07, 6.45) is 1.15. The Morgan fingerprint density at radius 1 is 1.80 bits per heavy atom. The summed E-state index contributed by atoms with van der Waals surface area (Å²) in [7, 11) is 0. The summed E-state index contributed by atoms with van der Waals surface area (Å²) in [5, 5.41) is 8.55. The van der Waals surface area contributed by atoms with Crippen molar-refractivity contribution in [1.82, 2.24) is 0 Å². The van der Waals surface area contributed by atoms with Crippen LogP contribution in [0.25, 0.3) is 4.85 Å². The Bertz CT molecular complexity index is 171. The second kappa shape index (κ2) is 3.21. The zero-order valence-corrected chi connectivity index (χ0v) is 6.22. The Morgan fingerprint density at radius 2 is 2.30 bits per heavy atom. The molecule has 0 saturated carbocycles. The van der Waals surface area contributed by atoms with Crippen LogP contribution in [0, 0.1) is 6.57 Å². The second-order valence-corrected chi connectivity index (χ2v) is 2.44. The average molecular weight is 141 g/mol. The molecular weight excluding hydrogens is 130 g/mol. The van der Waals surface area contributed by atoms with E-state index in [-0.39, 0.29) is 0 Å². The molecule has 0 aromatic carbocycles. The van der Waals surface area contributed by atoms with Gasteiger partial charge in [0.05, 0.1) is 0 Å². The highest BCUT2D eigenvalue weighted by Crippen LogP contribution is 2.17. The number of hydrogen-bond donors (Lipinski definition) is 1. The van der Waals surface area contributed by atoms with E-state index >= 15 is 0 Å². The van der Waals surface area contributed by atoms with Crippen molar-refractivity contribution in [3.8, 4) is 0 Å². The molecule has 0 bridgehead atoms. The Hall–Kier alpha value is -1.04. The van der Waals surface area contributed by atoms with Gasteiger partial charge in [-0.25, -0.2) is 11.4 Å². The van der Waals surface area contributed by atoms with Gasteiger partial charge >= 0.3 is 11.5 Å². The lowest BCUT2D eigenvalue weighted by molar-refractivity contribution is -0.141. The van der Waals surface area contributed by atoms with Crippen molar-refractivity contribution in [3.63, 3.8) is 0 Å². The predicted molar refractivity (Wildman–Crippen MR) is 37.6 cm³/mol. The van der Waals surface area contributed by atoms with Crippen LogP contribution in [0.2, 0.25) is 0 Å². The van der Waals surface area contributed by atoms with Crippen LogP contribution in [0.1, 0.15) is 26.7 Å². The SMILES string of the molecule is [C-]#[N+]C(C)(CCC)C(=O)O. The molecule has 10 heavy (non-hydrogen) atoms. The molecule has 0 aromatic rings. The Balaban J connectivity index is 4.27. The molecule has 3 heteroatoms. The van der Waals surface area contributed by atoms with Crippen LogP contribution in [0.4, 0.5) is 0 Å². The molecular formula is C7H11NO2. The lowest BCUT2D eigenvalue weighted by Gasteiger charge is -2.08. The van der Waals surface area contributed by atoms with Gasteiger partial charge in [0.25, 0.3) is 0 Å². The topological polar surface area (TPSA) is 41.7 Å². The first-order chi connectivity index (χ1) is 4.56. The fourth-order valence-corrected chi connectivity index (χ4v) is 0.697. The van der Waals surface area contributed by atoms with E-state index in [9.17, 15) is 4.79 Å². The van der Waals surface area contributed by atoms with Crippen molar-refractivity contribution in [3.05, 3.63) is 11.4 Å². The van der Waals surface area contributed by atoms with E-state index < -0.39 is 11.5 Å². The molecule has 0 aliphatic carbocycles. The first-order valence-electron chi connectivity index (χ1n) is 3.19. The van der Waals surface area contributed by atoms with Crippen LogP contribution in [0.5, 0.6) is 0 Å². The van der Waals surface area contributed by atoms with Crippen LogP contribution < -0.4 is 0 Å². The normalized spacial score (nSPS) is 15.3. The number of rotatable bonds is 3. The summed E-state index contributed by atoms with van der Waals surface area (Å²) in [5.41, 5.74) is -1.20. The molecule has 0 saturated heterocycles. The largest absolute Gasteiger partial charge is 0.475 e. The van der Waals surface area contributed by atoms with Crippen LogP contribution in [-0.4, -0.2) is 16.6 Å². The third kappa shape index (κ3) is 1.73. The minimum atomic E-state index is -1.20. The zero-order chi connectivity index (χ0) is 8.20. The molecule has 0 radical (unpaired) electrons. The van der Waals surface area contributed by atoms with Gasteiger partial charge in [-0.3, -0.25) is 4.85 Å². The molecule has 0 aliphatic rings. The molecule has 0 spiro atoms. The Morgan fingerprint density at radius 3 is 2.40 bits per heavy atom. The number of carboxylic acids is 1. The van der Waals surface area contributed by atoms with E-state index in [4.69, 9.17) is 11.7 Å². The second-order valence-electron chi connectivity index (χ2n) is 2.44. The maximum Gasteiger partial charge on any atom is 0.390 e. The third-order valence-electron chi connectivity index (χ3n) is 1.44. The van der Waals surface area contributed by atoms with Crippen molar-refractivity contribution < 1.29 is 9.90 Å². The summed E-state index contributed by atoms with van der Waals surface area (Å²) in [5.74, 6) is -1.02. The van der Waals surface area contributed by atoms with Crippen LogP contribution in [-0.2, 0) is 4.79 Å². The molecule has 0 aromatic heterocycles. The lowest BCUT2D eigenvalue weighted by atomic mass is 9.98. The summed E-state index contributed by atoms with van der Waals surface area (Å²) in [6, 6.07) is 0. The van der Waals surface area contributed by atoms with Crippen molar-refractivity contribution >= 4 is 5.97 Å². The quantitative estimate of drug-likeness (QED) is 0.606. The fraction of sp³-hybridized carbons (Fsp3) is 0.714. The van der Waals surface area contributed by atoms with E-state index in [1.54, 1.807) is 0 Å². The highest BCUT2D eigenvalue weighted by molar-refractivity contribution is 5.80. The zero-order valence-electron chi connectivity index (χ0n) is 6.22. The van der Waals surface area contributed by atoms with E-state index in [0.29, 0.717) is 6.42 Å². The predicted octanol–water partition coefficient (Wildman–Crippen LogP) is 1.55. The summed E-state index contributed by atoms with van der Waals surface area (Å²) < 4.78 is 0. The molecule has 3 nitrogen and oxygen atoms in total. The van der Waals surface area contributed by atoms with E-state index in [1.807, 2.05) is 6.92 Å². The summed E-state index contributed by atoms with van der Waals surface area (Å²) in [6.45, 7) is 9.95. The highest BCUT2D eigenvalue weighted by Gasteiger charge is 2.38. The van der Waals surface area contributed by atoms with Crippen molar-refractivity contribution in [2.45, 2.75) is 32.2 Å². The average Bonchev–Trinajstić information content (AvgIpc) is 1.88. The van der Waals surface area contributed by atoms with Gasteiger partial charge in [-0.05, 0) is 6.42 Å². The van der Waals surface area contributed by atoms with Crippen LogP contribution in [0.3, 0.4) is 0 Å². The van der Waals surface area contributed by atoms with Gasteiger partial charge in [0.1, 0.15) is 0 Å². The van der Waals surface area contributed by atoms with E-state index in [2.05, 4.69) is 4.85 Å². The van der Waals surface area contributed by atoms with Gasteiger partial charge in [-0.2, -0.15) is 0 Å². The highest BCUT2D eigenvalue weighted by atomic mass is 16.4. The molecule has 0 rings (SSSR count). The van der Waals surface area contributed by atoms with Gasteiger partial charge in [-0.15, -0.1) is 0 Å².